The van der Waals surface area contributed by atoms with Gasteiger partial charge in [0, 0.05) is 43.8 Å². The maximum atomic E-state index is 13.7. The van der Waals surface area contributed by atoms with Crippen molar-refractivity contribution < 1.29 is 19.4 Å². The quantitative estimate of drug-likeness (QED) is 0.225. The van der Waals surface area contributed by atoms with Crippen molar-refractivity contribution in [2.45, 2.75) is 89.7 Å². The average Bonchev–Trinajstić information content (AvgIpc) is 2.92. The Morgan fingerprint density at radius 2 is 1.88 bits per heavy atom. The van der Waals surface area contributed by atoms with E-state index in [0.29, 0.717) is 31.1 Å². The minimum absolute atomic E-state index is 0.0220. The summed E-state index contributed by atoms with van der Waals surface area (Å²) in [4.78, 5) is 29.8. The summed E-state index contributed by atoms with van der Waals surface area (Å²) in [5, 5.41) is 11.6. The standard InChI is InChI=1S/C34H48N2O4/c1-25(2)23-36(33(39)17-10-6-9-14-27-12-7-5-8-13-27)29-21-32(38)31-24-35(4)19-18-34(31,22-29)28-15-11-16-30(20-28)40-26(3)37/h5,7-8,11-13,15-16,20,25,29,31-32,38H,6,9-10,14,17-19,21-24H2,1-4H3/t29-,31-,32?,34-/m0/s1. The molecule has 1 amide bonds. The predicted molar refractivity (Wildman–Crippen MR) is 159 cm³/mol. The van der Waals surface area contributed by atoms with Crippen LogP contribution < -0.4 is 4.74 Å². The van der Waals surface area contributed by atoms with E-state index in [0.717, 1.165) is 57.2 Å². The molecule has 1 heterocycles. The van der Waals surface area contributed by atoms with Crippen LogP contribution in [0.1, 0.15) is 76.8 Å². The van der Waals surface area contributed by atoms with Crippen molar-refractivity contribution in [3.8, 4) is 5.75 Å². The molecule has 1 unspecified atom stereocenters. The monoisotopic (exact) mass is 548 g/mol. The van der Waals surface area contributed by atoms with Crippen LogP contribution in [0.25, 0.3) is 0 Å². The number of rotatable bonds is 11. The minimum Gasteiger partial charge on any atom is -0.427 e. The fraction of sp³-hybridized carbons (Fsp3) is 0.588. The molecule has 6 nitrogen and oxygen atoms in total. The van der Waals surface area contributed by atoms with Crippen molar-refractivity contribution in [1.29, 1.82) is 0 Å². The van der Waals surface area contributed by atoms with E-state index in [1.807, 2.05) is 24.3 Å². The SMILES string of the molecule is CC(=O)Oc1cccc([C@@]23CCN(C)C[C@H]2C(O)C[C@H](N(CC(C)C)C(=O)CCCCCc2ccccc2)C3)c1. The summed E-state index contributed by atoms with van der Waals surface area (Å²) >= 11 is 0. The Kier molecular flexibility index (Phi) is 10.4. The van der Waals surface area contributed by atoms with E-state index in [2.05, 4.69) is 61.0 Å². The molecule has 4 atom stereocenters. The molecule has 2 fully saturated rings. The first kappa shape index (κ1) is 30.3. The molecule has 40 heavy (non-hydrogen) atoms. The number of esters is 1. The summed E-state index contributed by atoms with van der Waals surface area (Å²) in [7, 11) is 2.12. The molecule has 1 saturated carbocycles. The Labute approximate surface area is 240 Å². The summed E-state index contributed by atoms with van der Waals surface area (Å²) in [6.07, 6.45) is 6.42. The van der Waals surface area contributed by atoms with Gasteiger partial charge < -0.3 is 19.6 Å². The van der Waals surface area contributed by atoms with Gasteiger partial charge in [0.15, 0.2) is 0 Å². The summed E-state index contributed by atoms with van der Waals surface area (Å²) in [5.74, 6) is 0.815. The Morgan fingerprint density at radius 3 is 2.60 bits per heavy atom. The van der Waals surface area contributed by atoms with Crippen LogP contribution in [-0.2, 0) is 21.4 Å². The molecular weight excluding hydrogens is 500 g/mol. The number of carbonyl (C=O) groups excluding carboxylic acids is 2. The fourth-order valence-corrected chi connectivity index (χ4v) is 7.04. The fourth-order valence-electron chi connectivity index (χ4n) is 7.04. The van der Waals surface area contributed by atoms with Crippen molar-refractivity contribution in [1.82, 2.24) is 9.80 Å². The third-order valence-corrected chi connectivity index (χ3v) is 8.93. The van der Waals surface area contributed by atoms with Crippen molar-refractivity contribution in [2.24, 2.45) is 11.8 Å². The zero-order valence-electron chi connectivity index (χ0n) is 24.9. The molecule has 1 N–H and O–H groups in total. The molecule has 6 heteroatoms. The second-order valence-electron chi connectivity index (χ2n) is 12.5. The van der Waals surface area contributed by atoms with E-state index < -0.39 is 6.10 Å². The predicted octanol–water partition coefficient (Wildman–Crippen LogP) is 5.61. The molecule has 4 rings (SSSR count). The number of hydrogen-bond acceptors (Lipinski definition) is 5. The maximum Gasteiger partial charge on any atom is 0.308 e. The molecule has 2 aliphatic rings. The van der Waals surface area contributed by atoms with E-state index in [-0.39, 0.29) is 29.3 Å². The van der Waals surface area contributed by atoms with Gasteiger partial charge >= 0.3 is 5.97 Å². The minimum atomic E-state index is -0.507. The van der Waals surface area contributed by atoms with Crippen molar-refractivity contribution in [3.05, 3.63) is 65.7 Å². The summed E-state index contributed by atoms with van der Waals surface area (Å²) in [5.41, 5.74) is 2.17. The number of fused-ring (bicyclic) bond motifs is 1. The third kappa shape index (κ3) is 7.52. The molecule has 1 aliphatic carbocycles. The number of aryl methyl sites for hydroxylation is 1. The van der Waals surface area contributed by atoms with E-state index >= 15 is 0 Å². The molecule has 0 aromatic heterocycles. The lowest BCUT2D eigenvalue weighted by atomic mass is 9.56. The highest BCUT2D eigenvalue weighted by Gasteiger charge is 2.53. The first-order valence-corrected chi connectivity index (χ1v) is 15.2. The second kappa shape index (κ2) is 13.8. The van der Waals surface area contributed by atoms with Crippen molar-refractivity contribution >= 4 is 11.9 Å². The van der Waals surface area contributed by atoms with E-state index in [9.17, 15) is 14.7 Å². The lowest BCUT2D eigenvalue weighted by Gasteiger charge is -2.56. The van der Waals surface area contributed by atoms with Gasteiger partial charge in [-0.2, -0.15) is 0 Å². The average molecular weight is 549 g/mol. The Balaban J connectivity index is 1.51. The van der Waals surface area contributed by atoms with Gasteiger partial charge in [0.25, 0.3) is 0 Å². The van der Waals surface area contributed by atoms with Crippen LogP contribution >= 0.6 is 0 Å². The van der Waals surface area contributed by atoms with Crippen LogP contribution in [-0.4, -0.2) is 65.6 Å². The van der Waals surface area contributed by atoms with Gasteiger partial charge in [0.2, 0.25) is 5.91 Å². The van der Waals surface area contributed by atoms with Crippen molar-refractivity contribution in [2.75, 3.05) is 26.7 Å². The molecule has 218 valence electrons. The Hall–Kier alpha value is -2.70. The highest BCUT2D eigenvalue weighted by atomic mass is 16.5. The topological polar surface area (TPSA) is 70.1 Å². The highest BCUT2D eigenvalue weighted by Crippen LogP contribution is 2.50. The third-order valence-electron chi connectivity index (χ3n) is 8.93. The lowest BCUT2D eigenvalue weighted by Crippen LogP contribution is -2.61. The smallest absolute Gasteiger partial charge is 0.308 e. The van der Waals surface area contributed by atoms with Crippen LogP contribution in [0, 0.1) is 11.8 Å². The van der Waals surface area contributed by atoms with Crippen LogP contribution in [0.15, 0.2) is 54.6 Å². The number of benzene rings is 2. The number of aliphatic hydroxyl groups excluding tert-OH is 1. The summed E-state index contributed by atoms with van der Waals surface area (Å²) in [6, 6.07) is 18.4. The van der Waals surface area contributed by atoms with Gasteiger partial charge in [-0.05, 0) is 81.3 Å². The van der Waals surface area contributed by atoms with Crippen LogP contribution in [0.3, 0.4) is 0 Å². The number of piperidine rings is 1. The normalized spacial score (nSPS) is 24.9. The van der Waals surface area contributed by atoms with Gasteiger partial charge in [-0.1, -0.05) is 62.7 Å². The zero-order valence-corrected chi connectivity index (χ0v) is 24.9. The Morgan fingerprint density at radius 1 is 1.10 bits per heavy atom. The molecule has 0 spiro atoms. The maximum absolute atomic E-state index is 13.7. The van der Waals surface area contributed by atoms with Gasteiger partial charge in [-0.25, -0.2) is 0 Å². The zero-order chi connectivity index (χ0) is 28.7. The number of carbonyl (C=O) groups is 2. The van der Waals surface area contributed by atoms with Gasteiger partial charge in [0.05, 0.1) is 6.10 Å². The molecule has 1 saturated heterocycles. The first-order chi connectivity index (χ1) is 19.2. The van der Waals surface area contributed by atoms with E-state index in [1.54, 1.807) is 0 Å². The molecular formula is C34H48N2O4. The number of hydrogen-bond donors (Lipinski definition) is 1. The largest absolute Gasteiger partial charge is 0.427 e. The van der Waals surface area contributed by atoms with Crippen molar-refractivity contribution in [3.63, 3.8) is 0 Å². The number of unbranched alkanes of at least 4 members (excludes halogenated alkanes) is 2. The molecule has 1 aliphatic heterocycles. The van der Waals surface area contributed by atoms with Gasteiger partial charge in [-0.3, -0.25) is 9.59 Å². The number of likely N-dealkylation sites (tertiary alicyclic amines) is 1. The molecule has 0 radical (unpaired) electrons. The second-order valence-corrected chi connectivity index (χ2v) is 12.5. The van der Waals surface area contributed by atoms with Crippen LogP contribution in [0.4, 0.5) is 0 Å². The molecule has 0 bridgehead atoms. The van der Waals surface area contributed by atoms with E-state index in [4.69, 9.17) is 4.74 Å². The lowest BCUT2D eigenvalue weighted by molar-refractivity contribution is -0.139. The number of ether oxygens (including phenoxy) is 1. The van der Waals surface area contributed by atoms with Gasteiger partial charge in [-0.15, -0.1) is 0 Å². The first-order valence-electron chi connectivity index (χ1n) is 15.2. The van der Waals surface area contributed by atoms with Gasteiger partial charge in [0.1, 0.15) is 5.75 Å². The molecule has 2 aromatic carbocycles. The number of aliphatic hydroxyl groups is 1. The highest BCUT2D eigenvalue weighted by molar-refractivity contribution is 5.76. The summed E-state index contributed by atoms with van der Waals surface area (Å²) < 4.78 is 5.45. The Bertz CT molecular complexity index is 1120. The van der Waals surface area contributed by atoms with Crippen LogP contribution in [0.2, 0.25) is 0 Å². The molecule has 2 aromatic rings. The number of nitrogens with zero attached hydrogens (tertiary/aromatic N) is 2. The van der Waals surface area contributed by atoms with Crippen LogP contribution in [0.5, 0.6) is 5.75 Å². The van der Waals surface area contributed by atoms with E-state index in [1.165, 1.54) is 12.5 Å². The number of amides is 1. The summed E-state index contributed by atoms with van der Waals surface area (Å²) in [6.45, 7) is 8.18.